The SMILES string of the molecule is Cc1ccccc1C(=O)N1CSCC1C(=O)NCc1csc(-c2cccs2)n1. The van der Waals surface area contributed by atoms with Crippen molar-refractivity contribution in [2.24, 2.45) is 0 Å². The van der Waals surface area contributed by atoms with Crippen LogP contribution in [-0.4, -0.2) is 39.4 Å². The first-order valence-corrected chi connectivity index (χ1v) is 11.7. The monoisotopic (exact) mass is 429 g/mol. The van der Waals surface area contributed by atoms with E-state index in [0.717, 1.165) is 21.1 Å². The average Bonchev–Trinajstić information content (AvgIpc) is 3.47. The van der Waals surface area contributed by atoms with Gasteiger partial charge in [0.15, 0.2) is 0 Å². The molecule has 1 atom stereocenters. The summed E-state index contributed by atoms with van der Waals surface area (Å²) in [7, 11) is 0. The summed E-state index contributed by atoms with van der Waals surface area (Å²) in [6, 6.07) is 11.1. The molecule has 0 spiro atoms. The molecular weight excluding hydrogens is 410 g/mol. The molecule has 0 aliphatic carbocycles. The number of aryl methyl sites for hydroxylation is 1. The van der Waals surface area contributed by atoms with Crippen molar-refractivity contribution in [3.63, 3.8) is 0 Å². The first kappa shape index (κ1) is 19.2. The number of carbonyl (C=O) groups is 2. The van der Waals surface area contributed by atoms with Crippen molar-refractivity contribution in [3.8, 4) is 9.88 Å². The molecule has 2 amide bonds. The van der Waals surface area contributed by atoms with Gasteiger partial charge < -0.3 is 10.2 Å². The van der Waals surface area contributed by atoms with Gasteiger partial charge in [-0.05, 0) is 30.0 Å². The second-order valence-corrected chi connectivity index (χ2v) is 9.25. The van der Waals surface area contributed by atoms with Crippen LogP contribution in [0.5, 0.6) is 0 Å². The van der Waals surface area contributed by atoms with E-state index >= 15 is 0 Å². The zero-order valence-corrected chi connectivity index (χ0v) is 17.7. The second-order valence-electron chi connectivity index (χ2n) is 6.44. The van der Waals surface area contributed by atoms with E-state index in [9.17, 15) is 9.59 Å². The number of carbonyl (C=O) groups excluding carboxylic acids is 2. The number of benzene rings is 1. The fraction of sp³-hybridized carbons (Fsp3) is 0.250. The Balaban J connectivity index is 1.40. The molecule has 1 aromatic carbocycles. The number of nitrogens with zero attached hydrogens (tertiary/aromatic N) is 2. The molecule has 8 heteroatoms. The number of thioether (sulfide) groups is 1. The minimum Gasteiger partial charge on any atom is -0.349 e. The van der Waals surface area contributed by atoms with Gasteiger partial charge in [-0.15, -0.1) is 34.4 Å². The topological polar surface area (TPSA) is 62.3 Å². The molecular formula is C20H19N3O2S3. The van der Waals surface area contributed by atoms with Gasteiger partial charge >= 0.3 is 0 Å². The lowest BCUT2D eigenvalue weighted by atomic mass is 10.1. The Morgan fingerprint density at radius 3 is 2.86 bits per heavy atom. The van der Waals surface area contributed by atoms with Crippen LogP contribution in [0.4, 0.5) is 0 Å². The van der Waals surface area contributed by atoms with Crippen LogP contribution in [0.15, 0.2) is 47.2 Å². The minimum absolute atomic E-state index is 0.0862. The fourth-order valence-corrected chi connectivity index (χ4v) is 5.81. The Morgan fingerprint density at radius 1 is 1.21 bits per heavy atom. The molecule has 3 aromatic rings. The highest BCUT2D eigenvalue weighted by atomic mass is 32.2. The highest BCUT2D eigenvalue weighted by molar-refractivity contribution is 7.99. The van der Waals surface area contributed by atoms with Crippen LogP contribution >= 0.6 is 34.4 Å². The van der Waals surface area contributed by atoms with Gasteiger partial charge in [-0.25, -0.2) is 4.98 Å². The predicted octanol–water partition coefficient (Wildman–Crippen LogP) is 4.01. The van der Waals surface area contributed by atoms with Crippen molar-refractivity contribution < 1.29 is 9.59 Å². The highest BCUT2D eigenvalue weighted by Crippen LogP contribution is 2.28. The van der Waals surface area contributed by atoms with Crippen LogP contribution in [0.1, 0.15) is 21.6 Å². The van der Waals surface area contributed by atoms with Gasteiger partial charge in [0.2, 0.25) is 5.91 Å². The van der Waals surface area contributed by atoms with Crippen LogP contribution in [0.2, 0.25) is 0 Å². The van der Waals surface area contributed by atoms with Crippen LogP contribution in [0.25, 0.3) is 9.88 Å². The molecule has 28 heavy (non-hydrogen) atoms. The summed E-state index contributed by atoms with van der Waals surface area (Å²) >= 11 is 4.83. The predicted molar refractivity (Wildman–Crippen MR) is 116 cm³/mol. The Labute approximate surface area is 175 Å². The average molecular weight is 430 g/mol. The van der Waals surface area contributed by atoms with Gasteiger partial charge in [-0.3, -0.25) is 9.59 Å². The van der Waals surface area contributed by atoms with E-state index in [0.29, 0.717) is 23.7 Å². The summed E-state index contributed by atoms with van der Waals surface area (Å²) in [5.41, 5.74) is 2.42. The molecule has 0 saturated carbocycles. The summed E-state index contributed by atoms with van der Waals surface area (Å²) in [5, 5.41) is 7.91. The van der Waals surface area contributed by atoms with Gasteiger partial charge in [0.05, 0.1) is 23.0 Å². The summed E-state index contributed by atoms with van der Waals surface area (Å²) in [4.78, 5) is 33.0. The maximum atomic E-state index is 12.9. The van der Waals surface area contributed by atoms with E-state index in [2.05, 4.69) is 10.3 Å². The van der Waals surface area contributed by atoms with E-state index in [1.165, 1.54) is 0 Å². The largest absolute Gasteiger partial charge is 0.349 e. The third-order valence-corrected chi connectivity index (χ3v) is 7.49. The van der Waals surface area contributed by atoms with Crippen molar-refractivity contribution in [2.75, 3.05) is 11.6 Å². The van der Waals surface area contributed by atoms with Crippen LogP contribution in [0.3, 0.4) is 0 Å². The number of thiazole rings is 1. The summed E-state index contributed by atoms with van der Waals surface area (Å²) < 4.78 is 0. The van der Waals surface area contributed by atoms with Crippen molar-refractivity contribution in [1.29, 1.82) is 0 Å². The highest BCUT2D eigenvalue weighted by Gasteiger charge is 2.35. The lowest BCUT2D eigenvalue weighted by Crippen LogP contribution is -2.47. The zero-order valence-electron chi connectivity index (χ0n) is 15.3. The summed E-state index contributed by atoms with van der Waals surface area (Å²) in [6.07, 6.45) is 0. The van der Waals surface area contributed by atoms with Gasteiger partial charge in [-0.1, -0.05) is 24.3 Å². The fourth-order valence-electron chi connectivity index (χ4n) is 3.02. The number of hydrogen-bond donors (Lipinski definition) is 1. The smallest absolute Gasteiger partial charge is 0.255 e. The third kappa shape index (κ3) is 3.99. The number of hydrogen-bond acceptors (Lipinski definition) is 6. The first-order chi connectivity index (χ1) is 13.6. The zero-order chi connectivity index (χ0) is 19.5. The minimum atomic E-state index is -0.451. The van der Waals surface area contributed by atoms with E-state index in [1.807, 2.05) is 54.1 Å². The molecule has 2 aromatic heterocycles. The molecule has 1 unspecified atom stereocenters. The molecule has 1 aliphatic heterocycles. The van der Waals surface area contributed by atoms with Crippen LogP contribution < -0.4 is 5.32 Å². The number of amides is 2. The van der Waals surface area contributed by atoms with Gasteiger partial charge in [-0.2, -0.15) is 0 Å². The van der Waals surface area contributed by atoms with Crippen molar-refractivity contribution in [1.82, 2.24) is 15.2 Å². The number of aromatic nitrogens is 1. The maximum Gasteiger partial charge on any atom is 0.255 e. The molecule has 4 rings (SSSR count). The molecule has 1 N–H and O–H groups in total. The third-order valence-electron chi connectivity index (χ3n) is 4.55. The Kier molecular flexibility index (Phi) is 5.79. The molecule has 1 saturated heterocycles. The standard InChI is InChI=1S/C20H19N3O2S3/c1-13-5-2-3-6-15(13)20(25)23-12-26-11-16(23)18(24)21-9-14-10-28-19(22-14)17-7-4-8-27-17/h2-8,10,16H,9,11-12H2,1H3,(H,21,24). The van der Waals surface area contributed by atoms with Crippen molar-refractivity contribution in [2.45, 2.75) is 19.5 Å². The Hall–Kier alpha value is -2.16. The van der Waals surface area contributed by atoms with Crippen LogP contribution in [0, 0.1) is 6.92 Å². The van der Waals surface area contributed by atoms with Crippen LogP contribution in [-0.2, 0) is 11.3 Å². The Morgan fingerprint density at radius 2 is 2.07 bits per heavy atom. The molecule has 0 bridgehead atoms. The summed E-state index contributed by atoms with van der Waals surface area (Å²) in [5.74, 6) is 0.931. The lowest BCUT2D eigenvalue weighted by molar-refractivity contribution is -0.124. The molecule has 5 nitrogen and oxygen atoms in total. The summed E-state index contributed by atoms with van der Waals surface area (Å²) in [6.45, 7) is 2.28. The van der Waals surface area contributed by atoms with Gasteiger partial charge in [0, 0.05) is 16.7 Å². The number of rotatable bonds is 5. The van der Waals surface area contributed by atoms with E-state index < -0.39 is 6.04 Å². The quantitative estimate of drug-likeness (QED) is 0.666. The lowest BCUT2D eigenvalue weighted by Gasteiger charge is -2.23. The maximum absolute atomic E-state index is 12.9. The van der Waals surface area contributed by atoms with Crippen molar-refractivity contribution in [3.05, 3.63) is 64.0 Å². The normalized spacial score (nSPS) is 16.3. The second kappa shape index (κ2) is 8.46. The molecule has 1 fully saturated rings. The van der Waals surface area contributed by atoms with E-state index in [-0.39, 0.29) is 11.8 Å². The molecule has 1 aliphatic rings. The van der Waals surface area contributed by atoms with Gasteiger partial charge in [0.1, 0.15) is 11.0 Å². The molecule has 144 valence electrons. The Bertz CT molecular complexity index is 984. The molecule has 3 heterocycles. The van der Waals surface area contributed by atoms with Gasteiger partial charge in [0.25, 0.3) is 5.91 Å². The number of thiophene rings is 1. The molecule has 0 radical (unpaired) electrons. The van der Waals surface area contributed by atoms with E-state index in [1.54, 1.807) is 39.3 Å². The van der Waals surface area contributed by atoms with Crippen molar-refractivity contribution >= 4 is 46.2 Å². The first-order valence-electron chi connectivity index (χ1n) is 8.84. The van der Waals surface area contributed by atoms with E-state index in [4.69, 9.17) is 0 Å². The number of nitrogens with one attached hydrogen (secondary N) is 1.